The largest absolute Gasteiger partial charge is 0.359 e. The molecule has 6 nitrogen and oxygen atoms in total. The number of aromatic nitrogens is 3. The molecule has 2 saturated carbocycles. The molecule has 0 aromatic carbocycles. The highest BCUT2D eigenvalue weighted by Gasteiger charge is 2.25. The molecule has 0 unspecified atom stereocenters. The molecule has 0 aliphatic heterocycles. The lowest BCUT2D eigenvalue weighted by molar-refractivity contribution is 0.102. The van der Waals surface area contributed by atoms with Crippen molar-refractivity contribution in [1.82, 2.24) is 15.2 Å². The topological polar surface area (TPSA) is 79.8 Å². The first kappa shape index (κ1) is 16.0. The molecule has 2 heterocycles. The van der Waals surface area contributed by atoms with E-state index in [0.717, 1.165) is 15.8 Å². The van der Waals surface area contributed by atoms with Crippen LogP contribution in [0.5, 0.6) is 0 Å². The van der Waals surface area contributed by atoms with Gasteiger partial charge in [0.1, 0.15) is 9.88 Å². The molecule has 0 bridgehead atoms. The van der Waals surface area contributed by atoms with Gasteiger partial charge in [-0.25, -0.2) is 4.98 Å². The van der Waals surface area contributed by atoms with Crippen molar-refractivity contribution in [2.75, 3.05) is 10.6 Å². The van der Waals surface area contributed by atoms with E-state index >= 15 is 0 Å². The molecule has 4 rings (SSSR count). The Morgan fingerprint density at radius 3 is 2.54 bits per heavy atom. The summed E-state index contributed by atoms with van der Waals surface area (Å²) in [5.41, 5.74) is 0.765. The van der Waals surface area contributed by atoms with Gasteiger partial charge in [0.15, 0.2) is 5.13 Å². The van der Waals surface area contributed by atoms with Gasteiger partial charge in [0, 0.05) is 12.0 Å². The van der Waals surface area contributed by atoms with Crippen LogP contribution in [0.25, 0.3) is 0 Å². The Morgan fingerprint density at radius 2 is 1.83 bits per heavy atom. The second-order valence-corrected chi connectivity index (χ2v) is 8.59. The van der Waals surface area contributed by atoms with E-state index in [2.05, 4.69) is 25.8 Å². The smallest absolute Gasteiger partial charge is 0.269 e. The highest BCUT2D eigenvalue weighted by Crippen LogP contribution is 2.38. The van der Waals surface area contributed by atoms with Crippen LogP contribution in [0.1, 0.15) is 71.2 Å². The zero-order valence-corrected chi connectivity index (χ0v) is 15.3. The number of carbonyl (C=O) groups is 1. The third-order valence-corrected chi connectivity index (χ3v) is 6.89. The van der Waals surface area contributed by atoms with Crippen molar-refractivity contribution in [2.24, 2.45) is 0 Å². The Kier molecular flexibility index (Phi) is 4.49. The molecule has 2 aliphatic rings. The van der Waals surface area contributed by atoms with E-state index in [1.54, 1.807) is 0 Å². The van der Waals surface area contributed by atoms with E-state index in [0.29, 0.717) is 22.0 Å². The SMILES string of the molecule is Cc1nc(NC2CCCC2)sc1C(=O)Nc1nnc(C2CCC2)s1. The predicted octanol–water partition coefficient (Wildman–Crippen LogP) is 4.18. The van der Waals surface area contributed by atoms with Gasteiger partial charge in [-0.15, -0.1) is 10.2 Å². The lowest BCUT2D eigenvalue weighted by atomic mass is 9.86. The zero-order valence-electron chi connectivity index (χ0n) is 13.7. The van der Waals surface area contributed by atoms with E-state index in [-0.39, 0.29) is 5.91 Å². The molecule has 2 aromatic rings. The molecule has 0 spiro atoms. The van der Waals surface area contributed by atoms with E-state index in [9.17, 15) is 4.79 Å². The summed E-state index contributed by atoms with van der Waals surface area (Å²) in [4.78, 5) is 17.7. The summed E-state index contributed by atoms with van der Waals surface area (Å²) in [6, 6.07) is 0.500. The summed E-state index contributed by atoms with van der Waals surface area (Å²) in [6.45, 7) is 1.88. The molecule has 128 valence electrons. The van der Waals surface area contributed by atoms with Crippen LogP contribution in [-0.4, -0.2) is 27.1 Å². The Hall–Kier alpha value is -1.54. The Labute approximate surface area is 149 Å². The van der Waals surface area contributed by atoms with Gasteiger partial charge in [-0.1, -0.05) is 41.9 Å². The molecule has 1 amide bonds. The standard InChI is InChI=1S/C16H21N5OS2/c1-9-12(23-15(17-9)18-11-7-2-3-8-11)13(22)19-16-21-20-14(24-16)10-5-4-6-10/h10-11H,2-8H2,1H3,(H,17,18)(H,19,21,22). The van der Waals surface area contributed by atoms with Crippen LogP contribution in [0.2, 0.25) is 0 Å². The van der Waals surface area contributed by atoms with Gasteiger partial charge in [-0.05, 0) is 32.6 Å². The van der Waals surface area contributed by atoms with Crippen molar-refractivity contribution in [3.8, 4) is 0 Å². The molecule has 24 heavy (non-hydrogen) atoms. The van der Waals surface area contributed by atoms with Gasteiger partial charge in [-0.3, -0.25) is 10.1 Å². The van der Waals surface area contributed by atoms with Crippen LogP contribution in [0.4, 0.5) is 10.3 Å². The number of nitrogens with one attached hydrogen (secondary N) is 2. The summed E-state index contributed by atoms with van der Waals surface area (Å²) in [7, 11) is 0. The lowest BCUT2D eigenvalue weighted by Crippen LogP contribution is -2.14. The van der Waals surface area contributed by atoms with Crippen LogP contribution in [0, 0.1) is 6.92 Å². The number of aryl methyl sites for hydroxylation is 1. The number of anilines is 2. The first-order chi connectivity index (χ1) is 11.7. The fourth-order valence-corrected chi connectivity index (χ4v) is 5.02. The van der Waals surface area contributed by atoms with Crippen LogP contribution >= 0.6 is 22.7 Å². The van der Waals surface area contributed by atoms with E-state index in [4.69, 9.17) is 0 Å². The Bertz CT molecular complexity index is 731. The van der Waals surface area contributed by atoms with Crippen molar-refractivity contribution >= 4 is 38.8 Å². The monoisotopic (exact) mass is 363 g/mol. The maximum absolute atomic E-state index is 12.5. The van der Waals surface area contributed by atoms with Gasteiger partial charge in [0.2, 0.25) is 5.13 Å². The summed E-state index contributed by atoms with van der Waals surface area (Å²) < 4.78 is 0. The molecule has 2 fully saturated rings. The molecule has 2 N–H and O–H groups in total. The fourth-order valence-electron chi connectivity index (χ4n) is 3.17. The molecule has 2 aromatic heterocycles. The first-order valence-corrected chi connectivity index (χ1v) is 10.2. The zero-order chi connectivity index (χ0) is 16.5. The molecule has 0 saturated heterocycles. The molecule has 0 atom stereocenters. The van der Waals surface area contributed by atoms with Crippen LogP contribution in [0.3, 0.4) is 0 Å². The predicted molar refractivity (Wildman–Crippen MR) is 97.2 cm³/mol. The second kappa shape index (κ2) is 6.76. The first-order valence-electron chi connectivity index (χ1n) is 8.58. The number of thiazole rings is 1. The summed E-state index contributed by atoms with van der Waals surface area (Å²) in [5, 5.41) is 17.1. The molecular weight excluding hydrogens is 342 g/mol. The number of rotatable bonds is 5. The van der Waals surface area contributed by atoms with Crippen molar-refractivity contribution in [3.63, 3.8) is 0 Å². The summed E-state index contributed by atoms with van der Waals surface area (Å²) >= 11 is 2.92. The van der Waals surface area contributed by atoms with Gasteiger partial charge >= 0.3 is 0 Å². The third kappa shape index (κ3) is 3.30. The van der Waals surface area contributed by atoms with Gasteiger partial charge in [-0.2, -0.15) is 0 Å². The second-order valence-electron chi connectivity index (χ2n) is 6.59. The number of nitrogens with zero attached hydrogens (tertiary/aromatic N) is 3. The molecule has 0 radical (unpaired) electrons. The van der Waals surface area contributed by atoms with E-state index in [1.165, 1.54) is 67.6 Å². The Morgan fingerprint density at radius 1 is 1.04 bits per heavy atom. The van der Waals surface area contributed by atoms with Gasteiger partial charge in [0.05, 0.1) is 5.69 Å². The van der Waals surface area contributed by atoms with Crippen molar-refractivity contribution in [3.05, 3.63) is 15.6 Å². The molecular formula is C16H21N5OS2. The maximum atomic E-state index is 12.5. The number of hydrogen-bond donors (Lipinski definition) is 2. The van der Waals surface area contributed by atoms with Crippen LogP contribution in [-0.2, 0) is 0 Å². The number of hydrogen-bond acceptors (Lipinski definition) is 7. The minimum atomic E-state index is -0.138. The fraction of sp³-hybridized carbons (Fsp3) is 0.625. The van der Waals surface area contributed by atoms with Crippen LogP contribution in [0.15, 0.2) is 0 Å². The van der Waals surface area contributed by atoms with Gasteiger partial charge in [0.25, 0.3) is 5.91 Å². The van der Waals surface area contributed by atoms with E-state index < -0.39 is 0 Å². The lowest BCUT2D eigenvalue weighted by Gasteiger charge is -2.21. The molecule has 2 aliphatic carbocycles. The van der Waals surface area contributed by atoms with Crippen molar-refractivity contribution in [1.29, 1.82) is 0 Å². The number of carbonyl (C=O) groups excluding carboxylic acids is 1. The average molecular weight is 364 g/mol. The minimum Gasteiger partial charge on any atom is -0.359 e. The number of amides is 1. The molecule has 8 heteroatoms. The minimum absolute atomic E-state index is 0.138. The quantitative estimate of drug-likeness (QED) is 0.833. The maximum Gasteiger partial charge on any atom is 0.269 e. The third-order valence-electron chi connectivity index (χ3n) is 4.80. The van der Waals surface area contributed by atoms with Gasteiger partial charge < -0.3 is 5.32 Å². The highest BCUT2D eigenvalue weighted by atomic mass is 32.1. The average Bonchev–Trinajstić information content (AvgIpc) is 3.20. The summed E-state index contributed by atoms with van der Waals surface area (Å²) in [6.07, 6.45) is 8.57. The van der Waals surface area contributed by atoms with Crippen molar-refractivity contribution < 1.29 is 4.79 Å². The summed E-state index contributed by atoms with van der Waals surface area (Å²) in [5.74, 6) is 0.404. The normalized spacial score (nSPS) is 18.5. The van der Waals surface area contributed by atoms with Crippen molar-refractivity contribution in [2.45, 2.75) is 63.8 Å². The highest BCUT2D eigenvalue weighted by molar-refractivity contribution is 7.18. The van der Waals surface area contributed by atoms with E-state index in [1.807, 2.05) is 6.92 Å². The van der Waals surface area contributed by atoms with Crippen LogP contribution < -0.4 is 10.6 Å². The Balaban J connectivity index is 1.41.